The van der Waals surface area contributed by atoms with E-state index in [0.29, 0.717) is 23.3 Å². The topological polar surface area (TPSA) is 87.2 Å². The van der Waals surface area contributed by atoms with E-state index in [9.17, 15) is 9.59 Å². The van der Waals surface area contributed by atoms with Gasteiger partial charge in [-0.2, -0.15) is 0 Å². The van der Waals surface area contributed by atoms with Gasteiger partial charge in [-0.15, -0.1) is 0 Å². The molecular formula is C21H23N5O2. The summed E-state index contributed by atoms with van der Waals surface area (Å²) in [6, 6.07) is 12.4. The molecule has 0 saturated carbocycles. The summed E-state index contributed by atoms with van der Waals surface area (Å²) in [4.78, 5) is 35.4. The van der Waals surface area contributed by atoms with Gasteiger partial charge in [-0.1, -0.05) is 18.2 Å². The predicted octanol–water partition coefficient (Wildman–Crippen LogP) is 2.56. The third kappa shape index (κ3) is 4.89. The largest absolute Gasteiger partial charge is 0.351 e. The quantitative estimate of drug-likeness (QED) is 0.618. The number of carbonyl (C=O) groups is 2. The number of para-hydroxylation sites is 1. The molecule has 0 radical (unpaired) electrons. The minimum Gasteiger partial charge on any atom is -0.351 e. The molecule has 2 amide bonds. The second kappa shape index (κ2) is 9.05. The van der Waals surface area contributed by atoms with Crippen LogP contribution >= 0.6 is 0 Å². The second-order valence-electron chi connectivity index (χ2n) is 6.68. The number of anilines is 1. The number of rotatable bonds is 7. The van der Waals surface area contributed by atoms with E-state index >= 15 is 0 Å². The van der Waals surface area contributed by atoms with Crippen LogP contribution in [-0.4, -0.2) is 53.9 Å². The van der Waals surface area contributed by atoms with Gasteiger partial charge in [-0.25, -0.2) is 0 Å². The summed E-state index contributed by atoms with van der Waals surface area (Å²) in [5, 5.41) is 6.63. The smallest absolute Gasteiger partial charge is 0.269 e. The molecule has 2 N–H and O–H groups in total. The van der Waals surface area contributed by atoms with Gasteiger partial charge in [0.25, 0.3) is 11.8 Å². The highest BCUT2D eigenvalue weighted by Crippen LogP contribution is 2.21. The summed E-state index contributed by atoms with van der Waals surface area (Å²) in [7, 11) is 3.97. The van der Waals surface area contributed by atoms with E-state index in [4.69, 9.17) is 0 Å². The lowest BCUT2D eigenvalue weighted by Crippen LogP contribution is -2.28. The molecule has 0 spiro atoms. The predicted molar refractivity (Wildman–Crippen MR) is 109 cm³/mol. The van der Waals surface area contributed by atoms with Crippen LogP contribution < -0.4 is 10.6 Å². The van der Waals surface area contributed by atoms with Crippen molar-refractivity contribution in [2.75, 3.05) is 32.5 Å². The number of aromatic nitrogens is 2. The molecule has 0 fully saturated rings. The first kappa shape index (κ1) is 19.4. The van der Waals surface area contributed by atoms with Crippen LogP contribution in [0.5, 0.6) is 0 Å². The summed E-state index contributed by atoms with van der Waals surface area (Å²) in [6.07, 6.45) is 3.99. The summed E-state index contributed by atoms with van der Waals surface area (Å²) in [6.45, 7) is 1.44. The van der Waals surface area contributed by atoms with E-state index in [-0.39, 0.29) is 17.5 Å². The highest BCUT2D eigenvalue weighted by molar-refractivity contribution is 6.09. The molecule has 2 aromatic heterocycles. The number of hydrogen-bond acceptors (Lipinski definition) is 5. The molecular weight excluding hydrogens is 354 g/mol. The fourth-order valence-corrected chi connectivity index (χ4v) is 2.78. The van der Waals surface area contributed by atoms with E-state index in [1.54, 1.807) is 18.3 Å². The standard InChI is InChI=1S/C21H23N5O2/c1-26(2)13-5-11-24-21(28)18-14-16(9-12-22-18)20(27)25-17-8-3-6-15-7-4-10-23-19(15)17/h3-4,6-10,12,14H,5,11,13H2,1-2H3,(H,24,28)(H,25,27). The Hall–Kier alpha value is -3.32. The van der Waals surface area contributed by atoms with E-state index in [2.05, 4.69) is 25.5 Å². The Balaban J connectivity index is 1.69. The Kier molecular flexibility index (Phi) is 6.29. The molecule has 0 bridgehead atoms. The monoisotopic (exact) mass is 377 g/mol. The number of carbonyl (C=O) groups excluding carboxylic acids is 2. The molecule has 0 unspecified atom stereocenters. The number of nitrogens with zero attached hydrogens (tertiary/aromatic N) is 3. The van der Waals surface area contributed by atoms with Gasteiger partial charge < -0.3 is 15.5 Å². The number of fused-ring (bicyclic) bond motifs is 1. The third-order valence-electron chi connectivity index (χ3n) is 4.20. The van der Waals surface area contributed by atoms with Crippen molar-refractivity contribution >= 4 is 28.4 Å². The SMILES string of the molecule is CN(C)CCCNC(=O)c1cc(C(=O)Nc2cccc3cccnc23)ccn1. The normalized spacial score (nSPS) is 10.8. The van der Waals surface area contributed by atoms with Gasteiger partial charge in [-0.05, 0) is 51.3 Å². The third-order valence-corrected chi connectivity index (χ3v) is 4.20. The number of benzene rings is 1. The Bertz CT molecular complexity index is 982. The van der Waals surface area contributed by atoms with Crippen LogP contribution in [0.1, 0.15) is 27.3 Å². The molecule has 7 nitrogen and oxygen atoms in total. The molecule has 2 heterocycles. The summed E-state index contributed by atoms with van der Waals surface area (Å²) < 4.78 is 0. The summed E-state index contributed by atoms with van der Waals surface area (Å²) >= 11 is 0. The number of nitrogens with one attached hydrogen (secondary N) is 2. The van der Waals surface area contributed by atoms with Gasteiger partial charge in [-0.3, -0.25) is 19.6 Å². The van der Waals surface area contributed by atoms with E-state index in [1.165, 1.54) is 12.3 Å². The zero-order valence-corrected chi connectivity index (χ0v) is 16.0. The first-order valence-electron chi connectivity index (χ1n) is 9.08. The Morgan fingerprint density at radius 1 is 1.00 bits per heavy atom. The molecule has 0 aliphatic heterocycles. The van der Waals surface area contributed by atoms with Crippen molar-refractivity contribution < 1.29 is 9.59 Å². The van der Waals surface area contributed by atoms with Crippen LogP contribution in [0.25, 0.3) is 10.9 Å². The lowest BCUT2D eigenvalue weighted by atomic mass is 10.1. The van der Waals surface area contributed by atoms with Crippen LogP contribution in [0.4, 0.5) is 5.69 Å². The molecule has 0 aliphatic carbocycles. The molecule has 0 aliphatic rings. The zero-order valence-electron chi connectivity index (χ0n) is 16.0. The zero-order chi connectivity index (χ0) is 19.9. The molecule has 144 valence electrons. The molecule has 0 atom stereocenters. The Morgan fingerprint density at radius 2 is 1.82 bits per heavy atom. The second-order valence-corrected chi connectivity index (χ2v) is 6.68. The van der Waals surface area contributed by atoms with Crippen molar-refractivity contribution in [1.82, 2.24) is 20.2 Å². The molecule has 3 rings (SSSR count). The minimum atomic E-state index is -0.317. The highest BCUT2D eigenvalue weighted by Gasteiger charge is 2.13. The Morgan fingerprint density at radius 3 is 2.64 bits per heavy atom. The van der Waals surface area contributed by atoms with Crippen LogP contribution in [0.2, 0.25) is 0 Å². The van der Waals surface area contributed by atoms with Crippen LogP contribution in [0, 0.1) is 0 Å². The average molecular weight is 377 g/mol. The molecule has 1 aromatic carbocycles. The lowest BCUT2D eigenvalue weighted by Gasteiger charge is -2.10. The van der Waals surface area contributed by atoms with Gasteiger partial charge in [0.15, 0.2) is 0 Å². The molecule has 7 heteroatoms. The maximum atomic E-state index is 12.7. The van der Waals surface area contributed by atoms with Crippen molar-refractivity contribution in [3.8, 4) is 0 Å². The van der Waals surface area contributed by atoms with Crippen molar-refractivity contribution in [3.05, 3.63) is 66.1 Å². The fourth-order valence-electron chi connectivity index (χ4n) is 2.78. The van der Waals surface area contributed by atoms with Crippen molar-refractivity contribution in [2.24, 2.45) is 0 Å². The molecule has 3 aromatic rings. The number of hydrogen-bond donors (Lipinski definition) is 2. The maximum Gasteiger partial charge on any atom is 0.269 e. The van der Waals surface area contributed by atoms with Crippen molar-refractivity contribution in [2.45, 2.75) is 6.42 Å². The van der Waals surface area contributed by atoms with Gasteiger partial charge in [0.1, 0.15) is 5.69 Å². The van der Waals surface area contributed by atoms with Crippen molar-refractivity contribution in [3.63, 3.8) is 0 Å². The van der Waals surface area contributed by atoms with Gasteiger partial charge in [0.05, 0.1) is 11.2 Å². The lowest BCUT2D eigenvalue weighted by molar-refractivity contribution is 0.0947. The van der Waals surface area contributed by atoms with E-state index in [0.717, 1.165) is 18.4 Å². The average Bonchev–Trinajstić information content (AvgIpc) is 2.71. The first-order chi connectivity index (χ1) is 13.5. The summed E-state index contributed by atoms with van der Waals surface area (Å²) in [5.74, 6) is -0.609. The van der Waals surface area contributed by atoms with Crippen LogP contribution in [0.3, 0.4) is 0 Å². The van der Waals surface area contributed by atoms with Crippen LogP contribution in [-0.2, 0) is 0 Å². The van der Waals surface area contributed by atoms with Gasteiger partial charge >= 0.3 is 0 Å². The summed E-state index contributed by atoms with van der Waals surface area (Å²) in [5.41, 5.74) is 1.91. The van der Waals surface area contributed by atoms with E-state index < -0.39 is 0 Å². The van der Waals surface area contributed by atoms with Crippen LogP contribution in [0.15, 0.2) is 54.9 Å². The van der Waals surface area contributed by atoms with Crippen molar-refractivity contribution in [1.29, 1.82) is 0 Å². The fraction of sp³-hybridized carbons (Fsp3) is 0.238. The Labute approximate surface area is 163 Å². The molecule has 28 heavy (non-hydrogen) atoms. The maximum absolute atomic E-state index is 12.7. The number of amides is 2. The van der Waals surface area contributed by atoms with Gasteiger partial charge in [0, 0.05) is 29.9 Å². The minimum absolute atomic E-state index is 0.216. The molecule has 0 saturated heterocycles. The van der Waals surface area contributed by atoms with E-state index in [1.807, 2.05) is 38.4 Å². The highest BCUT2D eigenvalue weighted by atomic mass is 16.2. The first-order valence-corrected chi connectivity index (χ1v) is 9.08. The van der Waals surface area contributed by atoms with Gasteiger partial charge in [0.2, 0.25) is 0 Å². The number of pyridine rings is 2.